The van der Waals surface area contributed by atoms with Crippen molar-refractivity contribution >= 4 is 17.7 Å². The summed E-state index contributed by atoms with van der Waals surface area (Å²) in [6.45, 7) is 3.82. The quantitative estimate of drug-likeness (QED) is 0.634. The van der Waals surface area contributed by atoms with Gasteiger partial charge in [0.1, 0.15) is 0 Å². The molecule has 0 rings (SSSR count). The van der Waals surface area contributed by atoms with Gasteiger partial charge in [-0.1, -0.05) is 6.92 Å². The van der Waals surface area contributed by atoms with Crippen LogP contribution in [0.15, 0.2) is 0 Å². The summed E-state index contributed by atoms with van der Waals surface area (Å²) in [4.78, 5) is 11.0. The molecule has 0 spiro atoms. The monoisotopic (exact) mass is 190 g/mol. The number of rotatable bonds is 6. The third kappa shape index (κ3) is 6.49. The van der Waals surface area contributed by atoms with Crippen molar-refractivity contribution in [3.8, 4) is 0 Å². The average molecular weight is 190 g/mol. The van der Waals surface area contributed by atoms with Crippen LogP contribution in [0.3, 0.4) is 0 Å². The average Bonchev–Trinajstić information content (AvgIpc) is 2.02. The molecule has 3 nitrogen and oxygen atoms in total. The molecular weight excluding hydrogens is 172 g/mol. The van der Waals surface area contributed by atoms with E-state index in [1.54, 1.807) is 11.8 Å². The number of amides is 1. The van der Waals surface area contributed by atoms with Crippen LogP contribution >= 0.6 is 11.8 Å². The summed E-state index contributed by atoms with van der Waals surface area (Å²) in [5.41, 5.74) is 0. The Balaban J connectivity index is 3.33. The fourth-order valence-electron chi connectivity index (χ4n) is 0.891. The highest BCUT2D eigenvalue weighted by molar-refractivity contribution is 7.99. The summed E-state index contributed by atoms with van der Waals surface area (Å²) in [7, 11) is 1.92. The van der Waals surface area contributed by atoms with Gasteiger partial charge in [0.2, 0.25) is 5.91 Å². The van der Waals surface area contributed by atoms with E-state index in [9.17, 15) is 4.79 Å². The van der Waals surface area contributed by atoms with Crippen molar-refractivity contribution < 1.29 is 4.79 Å². The molecule has 0 radical (unpaired) electrons. The highest BCUT2D eigenvalue weighted by Gasteiger charge is 2.03. The lowest BCUT2D eigenvalue weighted by molar-refractivity contribution is -0.118. The Labute approximate surface area is 78.7 Å². The molecule has 0 aliphatic rings. The highest BCUT2D eigenvalue weighted by Crippen LogP contribution is 1.92. The summed E-state index contributed by atoms with van der Waals surface area (Å²) in [6.07, 6.45) is 1.93. The van der Waals surface area contributed by atoms with Crippen LogP contribution in [0.2, 0.25) is 0 Å². The number of thioether (sulfide) groups is 1. The summed E-state index contributed by atoms with van der Waals surface area (Å²) in [6, 6.07) is 0. The predicted molar refractivity (Wildman–Crippen MR) is 54.5 cm³/mol. The minimum Gasteiger partial charge on any atom is -0.355 e. The molecule has 2 N–H and O–H groups in total. The van der Waals surface area contributed by atoms with Gasteiger partial charge in [-0.15, -0.1) is 0 Å². The van der Waals surface area contributed by atoms with Crippen LogP contribution in [0.25, 0.3) is 0 Å². The Morgan fingerprint density at radius 3 is 2.67 bits per heavy atom. The fraction of sp³-hybridized carbons (Fsp3) is 0.875. The Bertz CT molecular complexity index is 130. The summed E-state index contributed by atoms with van der Waals surface area (Å²) >= 11 is 1.55. The molecule has 0 aliphatic carbocycles. The molecule has 72 valence electrons. The summed E-state index contributed by atoms with van der Waals surface area (Å²) in [5, 5.41) is 5.94. The topological polar surface area (TPSA) is 41.1 Å². The van der Waals surface area contributed by atoms with Crippen LogP contribution in [0, 0.1) is 5.92 Å². The minimum absolute atomic E-state index is 0.130. The van der Waals surface area contributed by atoms with Gasteiger partial charge in [-0.05, 0) is 25.8 Å². The van der Waals surface area contributed by atoms with Crippen molar-refractivity contribution in [2.45, 2.75) is 6.92 Å². The Kier molecular flexibility index (Phi) is 7.29. The molecule has 1 unspecified atom stereocenters. The van der Waals surface area contributed by atoms with E-state index in [4.69, 9.17) is 0 Å². The number of hydrogen-bond acceptors (Lipinski definition) is 3. The minimum atomic E-state index is 0.130. The Morgan fingerprint density at radius 1 is 1.50 bits per heavy atom. The number of carbonyl (C=O) groups is 1. The van der Waals surface area contributed by atoms with Crippen LogP contribution in [0.4, 0.5) is 0 Å². The van der Waals surface area contributed by atoms with E-state index in [1.807, 2.05) is 13.3 Å². The molecule has 1 amide bonds. The van der Waals surface area contributed by atoms with Gasteiger partial charge in [-0.2, -0.15) is 11.8 Å². The van der Waals surface area contributed by atoms with Gasteiger partial charge >= 0.3 is 0 Å². The second kappa shape index (κ2) is 7.43. The van der Waals surface area contributed by atoms with Crippen molar-refractivity contribution in [1.82, 2.24) is 10.6 Å². The van der Waals surface area contributed by atoms with E-state index in [0.717, 1.165) is 13.1 Å². The van der Waals surface area contributed by atoms with Crippen molar-refractivity contribution in [1.29, 1.82) is 0 Å². The fourth-order valence-corrected chi connectivity index (χ4v) is 1.26. The van der Waals surface area contributed by atoms with Crippen molar-refractivity contribution in [2.75, 3.05) is 32.1 Å². The van der Waals surface area contributed by atoms with E-state index < -0.39 is 0 Å². The molecule has 0 heterocycles. The van der Waals surface area contributed by atoms with Gasteiger partial charge in [-0.25, -0.2) is 0 Å². The van der Waals surface area contributed by atoms with Crippen molar-refractivity contribution in [2.24, 2.45) is 5.92 Å². The lowest BCUT2D eigenvalue weighted by Crippen LogP contribution is -2.33. The second-order valence-corrected chi connectivity index (χ2v) is 3.77. The zero-order chi connectivity index (χ0) is 9.40. The standard InChI is InChI=1S/C8H18N2OS/c1-7(4-9-2)5-10-8(11)6-12-3/h7,9H,4-6H2,1-3H3,(H,10,11). The SMILES string of the molecule is CNCC(C)CNC(=O)CSC. The Hall–Kier alpha value is -0.220. The molecular formula is C8H18N2OS. The van der Waals surface area contributed by atoms with Crippen LogP contribution in [-0.4, -0.2) is 38.1 Å². The zero-order valence-electron chi connectivity index (χ0n) is 8.02. The van der Waals surface area contributed by atoms with Crippen LogP contribution in [0.1, 0.15) is 6.92 Å². The third-order valence-corrected chi connectivity index (χ3v) is 2.03. The molecule has 0 bridgehead atoms. The zero-order valence-corrected chi connectivity index (χ0v) is 8.83. The number of nitrogens with one attached hydrogen (secondary N) is 2. The maximum atomic E-state index is 11.0. The third-order valence-electron chi connectivity index (χ3n) is 1.48. The molecule has 0 saturated carbocycles. The molecule has 1 atom stereocenters. The van der Waals surface area contributed by atoms with E-state index in [-0.39, 0.29) is 5.91 Å². The van der Waals surface area contributed by atoms with Crippen molar-refractivity contribution in [3.63, 3.8) is 0 Å². The second-order valence-electron chi connectivity index (χ2n) is 2.90. The number of carbonyl (C=O) groups excluding carboxylic acids is 1. The smallest absolute Gasteiger partial charge is 0.229 e. The molecule has 4 heteroatoms. The first-order valence-corrected chi connectivity index (χ1v) is 5.50. The first-order chi connectivity index (χ1) is 5.70. The van der Waals surface area contributed by atoms with Crippen LogP contribution in [-0.2, 0) is 4.79 Å². The molecule has 0 saturated heterocycles. The van der Waals surface area contributed by atoms with Gasteiger partial charge in [0.05, 0.1) is 5.75 Å². The molecule has 0 aromatic rings. The molecule has 0 fully saturated rings. The van der Waals surface area contributed by atoms with Crippen molar-refractivity contribution in [3.05, 3.63) is 0 Å². The van der Waals surface area contributed by atoms with Gasteiger partial charge in [0.15, 0.2) is 0 Å². The lowest BCUT2D eigenvalue weighted by atomic mass is 10.2. The summed E-state index contributed by atoms with van der Waals surface area (Å²) < 4.78 is 0. The van der Waals surface area contributed by atoms with E-state index in [0.29, 0.717) is 11.7 Å². The van der Waals surface area contributed by atoms with Gasteiger partial charge < -0.3 is 10.6 Å². The van der Waals surface area contributed by atoms with Crippen LogP contribution < -0.4 is 10.6 Å². The van der Waals surface area contributed by atoms with E-state index >= 15 is 0 Å². The lowest BCUT2D eigenvalue weighted by Gasteiger charge is -2.11. The van der Waals surface area contributed by atoms with Crippen LogP contribution in [0.5, 0.6) is 0 Å². The Morgan fingerprint density at radius 2 is 2.17 bits per heavy atom. The molecule has 0 aromatic carbocycles. The maximum absolute atomic E-state index is 11.0. The molecule has 12 heavy (non-hydrogen) atoms. The highest BCUT2D eigenvalue weighted by atomic mass is 32.2. The molecule has 0 aliphatic heterocycles. The summed E-state index contributed by atoms with van der Waals surface area (Å²) in [5.74, 6) is 1.19. The largest absolute Gasteiger partial charge is 0.355 e. The first-order valence-electron chi connectivity index (χ1n) is 4.11. The molecule has 0 aromatic heterocycles. The van der Waals surface area contributed by atoms with Gasteiger partial charge in [0.25, 0.3) is 0 Å². The maximum Gasteiger partial charge on any atom is 0.229 e. The van der Waals surface area contributed by atoms with E-state index in [2.05, 4.69) is 17.6 Å². The normalized spacial score (nSPS) is 12.6. The van der Waals surface area contributed by atoms with Gasteiger partial charge in [0, 0.05) is 6.54 Å². The number of hydrogen-bond donors (Lipinski definition) is 2. The predicted octanol–water partition coefficient (Wildman–Crippen LogP) is 0.321. The van der Waals surface area contributed by atoms with E-state index in [1.165, 1.54) is 0 Å². The first kappa shape index (κ1) is 11.8. The van der Waals surface area contributed by atoms with Gasteiger partial charge in [-0.3, -0.25) is 4.79 Å².